The maximum atomic E-state index is 13.2. The molecule has 9 heteroatoms. The van der Waals surface area contributed by atoms with E-state index in [4.69, 9.17) is 11.6 Å². The summed E-state index contributed by atoms with van der Waals surface area (Å²) < 4.78 is 39.4. The summed E-state index contributed by atoms with van der Waals surface area (Å²) in [6.07, 6.45) is 1.23. The van der Waals surface area contributed by atoms with E-state index in [1.807, 2.05) is 0 Å². The van der Waals surface area contributed by atoms with Gasteiger partial charge in [-0.1, -0.05) is 18.5 Å². The van der Waals surface area contributed by atoms with E-state index in [1.165, 1.54) is 12.1 Å². The van der Waals surface area contributed by atoms with E-state index in [-0.39, 0.29) is 12.1 Å². The third kappa shape index (κ3) is 4.96. The minimum atomic E-state index is -3.78. The average Bonchev–Trinajstić information content (AvgIpc) is 2.56. The topological polar surface area (TPSA) is 66.5 Å². The molecule has 0 radical (unpaired) electrons. The molecule has 0 saturated carbocycles. The maximum absolute atomic E-state index is 13.2. The van der Waals surface area contributed by atoms with Gasteiger partial charge in [0.15, 0.2) is 0 Å². The quantitative estimate of drug-likeness (QED) is 0.689. The van der Waals surface area contributed by atoms with Crippen LogP contribution in [0.15, 0.2) is 46.9 Å². The van der Waals surface area contributed by atoms with Crippen molar-refractivity contribution in [1.29, 1.82) is 0 Å². The molecule has 0 unspecified atom stereocenters. The Labute approximate surface area is 165 Å². The number of sulfonamides is 1. The standard InChI is InChI=1S/C17H17BrClFN2O3S/c1-3-16(17(23)21-12-6-9-14(18)15(19)10-12)22(26(2,24)25)13-7-4-11(20)5-8-13/h4-10,16H,3H2,1-2H3,(H,21,23)/t16-/m1/s1. The highest BCUT2D eigenvalue weighted by molar-refractivity contribution is 9.10. The molecule has 0 bridgehead atoms. The SMILES string of the molecule is CC[C@H](C(=O)Nc1ccc(Br)c(Cl)c1)N(c1ccc(F)cc1)S(C)(=O)=O. The Morgan fingerprint density at radius 3 is 2.38 bits per heavy atom. The number of nitrogens with one attached hydrogen (secondary N) is 1. The molecule has 0 spiro atoms. The molecule has 1 N–H and O–H groups in total. The van der Waals surface area contributed by atoms with E-state index in [9.17, 15) is 17.6 Å². The largest absolute Gasteiger partial charge is 0.324 e. The zero-order valence-electron chi connectivity index (χ0n) is 14.0. The van der Waals surface area contributed by atoms with Crippen LogP contribution in [0, 0.1) is 5.82 Å². The van der Waals surface area contributed by atoms with Crippen LogP contribution in [0.3, 0.4) is 0 Å². The Bertz CT molecular complexity index is 907. The fourth-order valence-electron chi connectivity index (χ4n) is 2.45. The van der Waals surface area contributed by atoms with Crippen LogP contribution in [0.5, 0.6) is 0 Å². The molecule has 0 aliphatic carbocycles. The molecule has 2 aromatic carbocycles. The smallest absolute Gasteiger partial charge is 0.248 e. The molecule has 0 aliphatic rings. The van der Waals surface area contributed by atoms with Crippen LogP contribution in [0.2, 0.25) is 5.02 Å². The molecule has 2 rings (SSSR count). The highest BCUT2D eigenvalue weighted by Gasteiger charge is 2.31. The van der Waals surface area contributed by atoms with E-state index in [0.29, 0.717) is 15.2 Å². The second-order valence-corrected chi connectivity index (χ2v) is 8.70. The summed E-state index contributed by atoms with van der Waals surface area (Å²) in [5, 5.41) is 3.08. The van der Waals surface area contributed by atoms with Crippen LogP contribution in [-0.2, 0) is 14.8 Å². The van der Waals surface area contributed by atoms with Crippen LogP contribution in [-0.4, -0.2) is 26.6 Å². The Morgan fingerprint density at radius 2 is 1.88 bits per heavy atom. The first kappa shape index (κ1) is 20.7. The molecule has 5 nitrogen and oxygen atoms in total. The van der Waals surface area contributed by atoms with E-state index in [0.717, 1.165) is 22.7 Å². The molecule has 2 aromatic rings. The summed E-state index contributed by atoms with van der Waals surface area (Å²) in [4.78, 5) is 12.7. The molecule has 0 aliphatic heterocycles. The number of carbonyl (C=O) groups excluding carboxylic acids is 1. The van der Waals surface area contributed by atoms with E-state index in [1.54, 1.807) is 25.1 Å². The fourth-order valence-corrected chi connectivity index (χ4v) is 4.09. The Hall–Kier alpha value is -1.64. The zero-order valence-corrected chi connectivity index (χ0v) is 17.2. The minimum absolute atomic E-state index is 0.213. The van der Waals surface area contributed by atoms with Crippen LogP contribution in [0.4, 0.5) is 15.8 Å². The van der Waals surface area contributed by atoms with Crippen LogP contribution < -0.4 is 9.62 Å². The number of hydrogen-bond donors (Lipinski definition) is 1. The number of rotatable bonds is 6. The zero-order chi connectivity index (χ0) is 19.5. The summed E-state index contributed by atoms with van der Waals surface area (Å²) in [5.74, 6) is -1.01. The molecular formula is C17H17BrClFN2O3S. The van der Waals surface area contributed by atoms with Crippen molar-refractivity contribution in [3.8, 4) is 0 Å². The van der Waals surface area contributed by atoms with Gasteiger partial charge in [0, 0.05) is 10.2 Å². The highest BCUT2D eigenvalue weighted by atomic mass is 79.9. The fraction of sp³-hybridized carbons (Fsp3) is 0.235. The number of nitrogens with zero attached hydrogens (tertiary/aromatic N) is 1. The summed E-state index contributed by atoms with van der Waals surface area (Å²) >= 11 is 9.28. The Kier molecular flexibility index (Phi) is 6.65. The number of amides is 1. The van der Waals surface area contributed by atoms with Gasteiger partial charge in [0.2, 0.25) is 15.9 Å². The van der Waals surface area contributed by atoms with Gasteiger partial charge >= 0.3 is 0 Å². The molecule has 0 saturated heterocycles. The van der Waals surface area contributed by atoms with Gasteiger partial charge in [-0.15, -0.1) is 0 Å². The van der Waals surface area contributed by atoms with Crippen molar-refractivity contribution in [2.24, 2.45) is 0 Å². The van der Waals surface area contributed by atoms with Gasteiger partial charge in [0.05, 0.1) is 17.0 Å². The molecule has 0 fully saturated rings. The van der Waals surface area contributed by atoms with Crippen LogP contribution in [0.1, 0.15) is 13.3 Å². The third-order valence-corrected chi connectivity index (χ3v) is 6.01. The molecule has 1 amide bonds. The van der Waals surface area contributed by atoms with Gasteiger partial charge < -0.3 is 5.32 Å². The lowest BCUT2D eigenvalue weighted by atomic mass is 10.2. The van der Waals surface area contributed by atoms with Crippen molar-refractivity contribution in [2.75, 3.05) is 15.9 Å². The first-order valence-electron chi connectivity index (χ1n) is 7.64. The molecule has 140 valence electrons. The average molecular weight is 464 g/mol. The minimum Gasteiger partial charge on any atom is -0.324 e. The van der Waals surface area contributed by atoms with Gasteiger partial charge in [-0.05, 0) is 64.8 Å². The van der Waals surface area contributed by atoms with Crippen molar-refractivity contribution < 1.29 is 17.6 Å². The van der Waals surface area contributed by atoms with E-state index in [2.05, 4.69) is 21.2 Å². The number of hydrogen-bond acceptors (Lipinski definition) is 3. The summed E-state index contributed by atoms with van der Waals surface area (Å²) in [5.41, 5.74) is 0.652. The number of anilines is 2. The van der Waals surface area contributed by atoms with Crippen molar-refractivity contribution in [3.05, 3.63) is 57.8 Å². The second kappa shape index (κ2) is 8.37. The third-order valence-electron chi connectivity index (χ3n) is 3.60. The lowest BCUT2D eigenvalue weighted by Crippen LogP contribution is -2.47. The van der Waals surface area contributed by atoms with Gasteiger partial charge in [-0.2, -0.15) is 0 Å². The molecule has 26 heavy (non-hydrogen) atoms. The summed E-state index contributed by atoms with van der Waals surface area (Å²) in [7, 11) is -3.78. The normalized spacial score (nSPS) is 12.5. The monoisotopic (exact) mass is 462 g/mol. The van der Waals surface area contributed by atoms with Crippen LogP contribution in [0.25, 0.3) is 0 Å². The van der Waals surface area contributed by atoms with Crippen molar-refractivity contribution in [1.82, 2.24) is 0 Å². The van der Waals surface area contributed by atoms with Gasteiger partial charge in [-0.25, -0.2) is 12.8 Å². The van der Waals surface area contributed by atoms with E-state index < -0.39 is 27.8 Å². The Morgan fingerprint density at radius 1 is 1.27 bits per heavy atom. The summed E-state index contributed by atoms with van der Waals surface area (Å²) in [6, 6.07) is 8.80. The van der Waals surface area contributed by atoms with Crippen molar-refractivity contribution >= 4 is 54.8 Å². The predicted molar refractivity (Wildman–Crippen MR) is 106 cm³/mol. The molecule has 0 aromatic heterocycles. The summed E-state index contributed by atoms with van der Waals surface area (Å²) in [6.45, 7) is 1.69. The second-order valence-electron chi connectivity index (χ2n) is 5.58. The van der Waals surface area contributed by atoms with Crippen molar-refractivity contribution in [2.45, 2.75) is 19.4 Å². The predicted octanol–water partition coefficient (Wildman–Crippen LogP) is 4.42. The number of carbonyl (C=O) groups is 1. The Balaban J connectivity index is 2.36. The van der Waals surface area contributed by atoms with Gasteiger partial charge in [-0.3, -0.25) is 9.10 Å². The molecule has 0 heterocycles. The lowest BCUT2D eigenvalue weighted by Gasteiger charge is -2.30. The van der Waals surface area contributed by atoms with Crippen LogP contribution >= 0.6 is 27.5 Å². The maximum Gasteiger partial charge on any atom is 0.248 e. The molecular weight excluding hydrogens is 447 g/mol. The lowest BCUT2D eigenvalue weighted by molar-refractivity contribution is -0.117. The highest BCUT2D eigenvalue weighted by Crippen LogP contribution is 2.27. The van der Waals surface area contributed by atoms with Gasteiger partial charge in [0.25, 0.3) is 0 Å². The number of halogens is 3. The van der Waals surface area contributed by atoms with E-state index >= 15 is 0 Å². The first-order valence-corrected chi connectivity index (χ1v) is 10.7. The van der Waals surface area contributed by atoms with Crippen molar-refractivity contribution in [3.63, 3.8) is 0 Å². The number of benzene rings is 2. The van der Waals surface area contributed by atoms with Gasteiger partial charge in [0.1, 0.15) is 11.9 Å². The first-order chi connectivity index (χ1) is 12.1. The molecule has 1 atom stereocenters.